The number of fused-ring (bicyclic) bond motifs is 1. The number of carbonyl (C=O) groups is 1. The van der Waals surface area contributed by atoms with Gasteiger partial charge in [0.15, 0.2) is 5.69 Å². The molecular formula is C26H23N5O3. The van der Waals surface area contributed by atoms with Crippen molar-refractivity contribution in [3.05, 3.63) is 90.5 Å². The number of oxazole rings is 1. The zero-order valence-corrected chi connectivity index (χ0v) is 19.0. The first kappa shape index (κ1) is 21.5. The van der Waals surface area contributed by atoms with Gasteiger partial charge in [-0.2, -0.15) is 0 Å². The lowest BCUT2D eigenvalue weighted by molar-refractivity contribution is 0.0744. The number of anilines is 1. The van der Waals surface area contributed by atoms with Crippen molar-refractivity contribution in [2.45, 2.75) is 26.4 Å². The minimum atomic E-state index is -1.09. The van der Waals surface area contributed by atoms with Crippen LogP contribution < -0.4 is 5.32 Å². The molecule has 1 aromatic carbocycles. The molecule has 8 heteroatoms. The van der Waals surface area contributed by atoms with Crippen LogP contribution in [-0.2, 0) is 5.60 Å². The lowest BCUT2D eigenvalue weighted by Gasteiger charge is -2.12. The lowest BCUT2D eigenvalue weighted by atomic mass is 10.1. The van der Waals surface area contributed by atoms with Crippen LogP contribution in [0.4, 0.5) is 5.69 Å². The smallest absolute Gasteiger partial charge is 0.277 e. The van der Waals surface area contributed by atoms with E-state index in [4.69, 9.17) is 4.42 Å². The molecule has 5 aromatic rings. The molecular weight excluding hydrogens is 430 g/mol. The van der Waals surface area contributed by atoms with E-state index in [0.717, 1.165) is 22.4 Å². The van der Waals surface area contributed by atoms with E-state index in [1.807, 2.05) is 49.4 Å². The first-order chi connectivity index (χ1) is 16.3. The Hall–Kier alpha value is -4.30. The van der Waals surface area contributed by atoms with Gasteiger partial charge in [-0.15, -0.1) is 0 Å². The summed E-state index contributed by atoms with van der Waals surface area (Å²) in [5.74, 6) is -0.0565. The largest absolute Gasteiger partial charge is 0.444 e. The number of imidazole rings is 1. The Morgan fingerprint density at radius 2 is 1.85 bits per heavy atom. The molecule has 0 fully saturated rings. The molecule has 5 rings (SSSR count). The van der Waals surface area contributed by atoms with Gasteiger partial charge in [0.1, 0.15) is 17.5 Å². The Morgan fingerprint density at radius 3 is 2.59 bits per heavy atom. The fourth-order valence-electron chi connectivity index (χ4n) is 3.66. The fourth-order valence-corrected chi connectivity index (χ4v) is 3.66. The summed E-state index contributed by atoms with van der Waals surface area (Å²) in [6, 6.07) is 15.2. The summed E-state index contributed by atoms with van der Waals surface area (Å²) in [4.78, 5) is 26.2. The maximum Gasteiger partial charge on any atom is 0.277 e. The van der Waals surface area contributed by atoms with Crippen LogP contribution in [0.25, 0.3) is 28.2 Å². The summed E-state index contributed by atoms with van der Waals surface area (Å²) in [7, 11) is 0. The summed E-state index contributed by atoms with van der Waals surface area (Å²) in [5.41, 5.74) is 4.12. The van der Waals surface area contributed by atoms with Crippen molar-refractivity contribution in [2.75, 3.05) is 5.32 Å². The number of benzene rings is 1. The van der Waals surface area contributed by atoms with Gasteiger partial charge < -0.3 is 19.2 Å². The Labute approximate surface area is 196 Å². The van der Waals surface area contributed by atoms with Gasteiger partial charge in [-0.25, -0.2) is 9.97 Å². The number of aliphatic hydroxyl groups is 1. The summed E-state index contributed by atoms with van der Waals surface area (Å²) < 4.78 is 7.33. The van der Waals surface area contributed by atoms with E-state index in [-0.39, 0.29) is 5.69 Å². The predicted octanol–water partition coefficient (Wildman–Crippen LogP) is 4.84. The van der Waals surface area contributed by atoms with Crippen molar-refractivity contribution in [3.8, 4) is 22.6 Å². The number of rotatable bonds is 5. The average Bonchev–Trinajstić information content (AvgIpc) is 3.46. The molecule has 8 nitrogen and oxygen atoms in total. The average molecular weight is 454 g/mol. The minimum absolute atomic E-state index is 0.159. The van der Waals surface area contributed by atoms with Gasteiger partial charge in [-0.1, -0.05) is 30.3 Å². The summed E-state index contributed by atoms with van der Waals surface area (Å²) >= 11 is 0. The molecule has 4 aromatic heterocycles. The SMILES string of the molecule is Cc1cc(-c2nc(C(=O)Nc3cn4cc(C(C)(C)O)nc4cc3-c3ccccc3)co2)ccn1. The van der Waals surface area contributed by atoms with Crippen molar-refractivity contribution in [3.63, 3.8) is 0 Å². The number of amides is 1. The summed E-state index contributed by atoms with van der Waals surface area (Å²) in [6.07, 6.45) is 6.54. The number of nitrogens with one attached hydrogen (secondary N) is 1. The monoisotopic (exact) mass is 453 g/mol. The van der Waals surface area contributed by atoms with E-state index < -0.39 is 11.5 Å². The normalized spacial score (nSPS) is 11.6. The highest BCUT2D eigenvalue weighted by Crippen LogP contribution is 2.31. The molecule has 0 radical (unpaired) electrons. The summed E-state index contributed by atoms with van der Waals surface area (Å²) in [6.45, 7) is 5.24. The Bertz CT molecular complexity index is 1500. The molecule has 0 aliphatic heterocycles. The molecule has 0 atom stereocenters. The Balaban J connectivity index is 1.53. The minimum Gasteiger partial charge on any atom is -0.444 e. The zero-order valence-electron chi connectivity index (χ0n) is 19.0. The lowest BCUT2D eigenvalue weighted by Crippen LogP contribution is -2.15. The highest BCUT2D eigenvalue weighted by Gasteiger charge is 2.22. The third-order valence-corrected chi connectivity index (χ3v) is 5.43. The standard InChI is InChI=1S/C26H23N5O3/c1-16-11-18(9-10-27-16)25-29-21(15-34-25)24(32)28-20-13-31-14-22(26(2,3)33)30-23(31)12-19(20)17-7-5-4-6-8-17/h4-15,33H,1-3H3,(H,28,32). The quantitative estimate of drug-likeness (QED) is 0.395. The fraction of sp³-hybridized carbons (Fsp3) is 0.154. The molecule has 170 valence electrons. The van der Waals surface area contributed by atoms with E-state index in [1.54, 1.807) is 42.9 Å². The third kappa shape index (κ3) is 4.18. The van der Waals surface area contributed by atoms with Crippen molar-refractivity contribution in [1.82, 2.24) is 19.4 Å². The molecule has 0 bridgehead atoms. The van der Waals surface area contributed by atoms with Gasteiger partial charge >= 0.3 is 0 Å². The third-order valence-electron chi connectivity index (χ3n) is 5.43. The van der Waals surface area contributed by atoms with Gasteiger partial charge in [0.05, 0.1) is 11.4 Å². The predicted molar refractivity (Wildman–Crippen MR) is 128 cm³/mol. The van der Waals surface area contributed by atoms with E-state index in [2.05, 4.69) is 20.3 Å². The number of aryl methyl sites for hydroxylation is 1. The Kier molecular flexibility index (Phi) is 5.22. The van der Waals surface area contributed by atoms with Crippen LogP contribution >= 0.6 is 0 Å². The molecule has 1 amide bonds. The number of hydrogen-bond acceptors (Lipinski definition) is 6. The molecule has 0 aliphatic carbocycles. The molecule has 2 N–H and O–H groups in total. The first-order valence-electron chi connectivity index (χ1n) is 10.8. The highest BCUT2D eigenvalue weighted by atomic mass is 16.3. The molecule has 0 spiro atoms. The topological polar surface area (TPSA) is 106 Å². The second kappa shape index (κ2) is 8.24. The molecule has 4 heterocycles. The number of hydrogen-bond donors (Lipinski definition) is 2. The summed E-state index contributed by atoms with van der Waals surface area (Å²) in [5, 5.41) is 13.3. The van der Waals surface area contributed by atoms with Crippen molar-refractivity contribution >= 4 is 17.2 Å². The van der Waals surface area contributed by atoms with Crippen LogP contribution in [0.5, 0.6) is 0 Å². The second-order valence-corrected chi connectivity index (χ2v) is 8.60. The van der Waals surface area contributed by atoms with Crippen LogP contribution in [0.3, 0.4) is 0 Å². The van der Waals surface area contributed by atoms with Crippen LogP contribution in [0, 0.1) is 6.92 Å². The number of carbonyl (C=O) groups excluding carboxylic acids is 1. The van der Waals surface area contributed by atoms with Gasteiger partial charge in [0, 0.05) is 35.4 Å². The van der Waals surface area contributed by atoms with Crippen molar-refractivity contribution < 1.29 is 14.3 Å². The molecule has 0 saturated heterocycles. The highest BCUT2D eigenvalue weighted by molar-refractivity contribution is 6.05. The zero-order chi connectivity index (χ0) is 23.9. The first-order valence-corrected chi connectivity index (χ1v) is 10.8. The Morgan fingerprint density at radius 1 is 1.06 bits per heavy atom. The van der Waals surface area contributed by atoms with Crippen molar-refractivity contribution in [2.24, 2.45) is 0 Å². The molecule has 0 saturated carbocycles. The van der Waals surface area contributed by atoms with E-state index in [1.165, 1.54) is 6.26 Å². The van der Waals surface area contributed by atoms with E-state index in [9.17, 15) is 9.90 Å². The molecule has 0 unspecified atom stereocenters. The number of pyridine rings is 2. The van der Waals surface area contributed by atoms with Gasteiger partial charge in [-0.05, 0) is 44.5 Å². The number of aromatic nitrogens is 4. The van der Waals surface area contributed by atoms with Crippen molar-refractivity contribution in [1.29, 1.82) is 0 Å². The van der Waals surface area contributed by atoms with Crippen LogP contribution in [-0.4, -0.2) is 30.4 Å². The number of nitrogens with zero attached hydrogens (tertiary/aromatic N) is 4. The van der Waals surface area contributed by atoms with Gasteiger partial charge in [-0.3, -0.25) is 9.78 Å². The van der Waals surface area contributed by atoms with Crippen LogP contribution in [0.2, 0.25) is 0 Å². The second-order valence-electron chi connectivity index (χ2n) is 8.60. The van der Waals surface area contributed by atoms with Gasteiger partial charge in [0.2, 0.25) is 5.89 Å². The maximum absolute atomic E-state index is 13.1. The van der Waals surface area contributed by atoms with E-state index >= 15 is 0 Å². The van der Waals surface area contributed by atoms with E-state index in [0.29, 0.717) is 22.9 Å². The molecule has 0 aliphatic rings. The molecule has 34 heavy (non-hydrogen) atoms. The maximum atomic E-state index is 13.1. The van der Waals surface area contributed by atoms with Gasteiger partial charge in [0.25, 0.3) is 5.91 Å². The van der Waals surface area contributed by atoms with Crippen LogP contribution in [0.1, 0.15) is 35.7 Å². The van der Waals surface area contributed by atoms with Crippen LogP contribution in [0.15, 0.2) is 77.8 Å².